The van der Waals surface area contributed by atoms with Gasteiger partial charge in [-0.25, -0.2) is 19.2 Å². The van der Waals surface area contributed by atoms with Crippen molar-refractivity contribution >= 4 is 15.8 Å². The number of aromatic nitrogens is 1. The van der Waals surface area contributed by atoms with Crippen LogP contribution in [0.2, 0.25) is 0 Å². The van der Waals surface area contributed by atoms with Gasteiger partial charge in [0.1, 0.15) is 5.82 Å². The molecule has 0 radical (unpaired) electrons. The van der Waals surface area contributed by atoms with E-state index in [9.17, 15) is 8.42 Å². The molecule has 1 aromatic rings. The van der Waals surface area contributed by atoms with Crippen LogP contribution in [0.15, 0.2) is 23.2 Å². The topological polar surface area (TPSA) is 88.3 Å². The maximum atomic E-state index is 12.6. The lowest BCUT2D eigenvalue weighted by molar-refractivity contribution is 0.169. The van der Waals surface area contributed by atoms with Crippen molar-refractivity contribution in [1.29, 1.82) is 0 Å². The van der Waals surface area contributed by atoms with E-state index in [1.807, 2.05) is 0 Å². The zero-order chi connectivity index (χ0) is 14.8. The molecule has 0 bridgehead atoms. The molecule has 0 atom stereocenters. The molecule has 0 aromatic carbocycles. The summed E-state index contributed by atoms with van der Waals surface area (Å²) in [6.45, 7) is 5.52. The highest BCUT2D eigenvalue weighted by Gasteiger charge is 2.34. The second-order valence-corrected chi connectivity index (χ2v) is 7.53. The molecule has 1 aromatic heterocycles. The van der Waals surface area contributed by atoms with Crippen LogP contribution < -0.4 is 11.3 Å². The fourth-order valence-corrected chi connectivity index (χ4v) is 3.87. The summed E-state index contributed by atoms with van der Waals surface area (Å²) in [6, 6.07) is 2.97. The van der Waals surface area contributed by atoms with Crippen molar-refractivity contribution in [2.75, 3.05) is 18.5 Å². The lowest BCUT2D eigenvalue weighted by Crippen LogP contribution is -2.41. The van der Waals surface area contributed by atoms with Gasteiger partial charge in [-0.05, 0) is 24.3 Å². The lowest BCUT2D eigenvalue weighted by atomic mass is 9.79. The number of nitrogens with zero attached hydrogens (tertiary/aromatic N) is 2. The van der Waals surface area contributed by atoms with Crippen molar-refractivity contribution in [3.05, 3.63) is 18.3 Å². The number of nitrogens with two attached hydrogens (primary N) is 1. The van der Waals surface area contributed by atoms with Crippen molar-refractivity contribution in [1.82, 2.24) is 9.29 Å². The van der Waals surface area contributed by atoms with Gasteiger partial charge in [-0.1, -0.05) is 20.3 Å². The molecule has 7 heteroatoms. The molecule has 3 N–H and O–H groups in total. The summed E-state index contributed by atoms with van der Waals surface area (Å²) in [6.07, 6.45) is 4.32. The Kier molecular flexibility index (Phi) is 4.31. The Morgan fingerprint density at radius 2 is 2.10 bits per heavy atom. The molecule has 2 heterocycles. The summed E-state index contributed by atoms with van der Waals surface area (Å²) in [4.78, 5) is 4.17. The number of hydrogen-bond donors (Lipinski definition) is 2. The van der Waals surface area contributed by atoms with Gasteiger partial charge in [0, 0.05) is 25.4 Å². The van der Waals surface area contributed by atoms with Gasteiger partial charge in [0.2, 0.25) is 10.0 Å². The molecular formula is C13H22N4O2S. The molecule has 2 rings (SSSR count). The first kappa shape index (κ1) is 15.2. The number of nitrogen functional groups attached to an aromatic ring is 1. The van der Waals surface area contributed by atoms with Crippen LogP contribution in [0.4, 0.5) is 5.82 Å². The number of hydrazine groups is 1. The highest BCUT2D eigenvalue weighted by molar-refractivity contribution is 7.89. The number of piperidine rings is 1. The summed E-state index contributed by atoms with van der Waals surface area (Å²) in [7, 11) is -3.46. The van der Waals surface area contributed by atoms with Gasteiger partial charge in [-0.2, -0.15) is 4.31 Å². The highest BCUT2D eigenvalue weighted by Crippen LogP contribution is 2.35. The van der Waals surface area contributed by atoms with E-state index in [2.05, 4.69) is 24.3 Å². The maximum absolute atomic E-state index is 12.6. The van der Waals surface area contributed by atoms with Gasteiger partial charge < -0.3 is 5.43 Å². The number of pyridine rings is 1. The normalized spacial score (nSPS) is 19.8. The Hall–Kier alpha value is -1.18. The lowest BCUT2D eigenvalue weighted by Gasteiger charge is -2.38. The van der Waals surface area contributed by atoms with E-state index >= 15 is 0 Å². The number of anilines is 1. The first-order valence-corrected chi connectivity index (χ1v) is 8.28. The van der Waals surface area contributed by atoms with Crippen LogP contribution in [0.1, 0.15) is 33.1 Å². The number of rotatable bonds is 4. The van der Waals surface area contributed by atoms with Crippen molar-refractivity contribution in [3.8, 4) is 0 Å². The number of nitrogens with one attached hydrogen (secondary N) is 1. The van der Waals surface area contributed by atoms with Gasteiger partial charge >= 0.3 is 0 Å². The molecule has 0 unspecified atom stereocenters. The van der Waals surface area contributed by atoms with Gasteiger partial charge in [0.15, 0.2) is 0 Å². The Morgan fingerprint density at radius 1 is 1.45 bits per heavy atom. The molecule has 1 fully saturated rings. The third kappa shape index (κ3) is 2.94. The average Bonchev–Trinajstić information content (AvgIpc) is 2.48. The summed E-state index contributed by atoms with van der Waals surface area (Å²) < 4.78 is 26.7. The minimum Gasteiger partial charge on any atom is -0.308 e. The second kappa shape index (κ2) is 5.67. The monoisotopic (exact) mass is 298 g/mol. The van der Waals surface area contributed by atoms with Crippen molar-refractivity contribution in [2.45, 2.75) is 38.0 Å². The molecule has 0 aliphatic carbocycles. The van der Waals surface area contributed by atoms with Crippen LogP contribution in [-0.4, -0.2) is 30.8 Å². The Balaban J connectivity index is 2.19. The third-order valence-electron chi connectivity index (χ3n) is 4.30. The molecule has 112 valence electrons. The molecule has 0 spiro atoms. The predicted molar refractivity (Wildman–Crippen MR) is 78.4 cm³/mol. The van der Waals surface area contributed by atoms with E-state index in [1.165, 1.54) is 18.3 Å². The van der Waals surface area contributed by atoms with E-state index < -0.39 is 10.0 Å². The van der Waals surface area contributed by atoms with Gasteiger partial charge in [0.05, 0.1) is 4.90 Å². The molecule has 6 nitrogen and oxygen atoms in total. The molecular weight excluding hydrogens is 276 g/mol. The first-order chi connectivity index (χ1) is 9.41. The van der Waals surface area contributed by atoms with E-state index in [4.69, 9.17) is 5.84 Å². The fourth-order valence-electron chi connectivity index (χ4n) is 2.42. The van der Waals surface area contributed by atoms with Crippen molar-refractivity contribution in [3.63, 3.8) is 0 Å². The molecule has 1 aliphatic rings. The van der Waals surface area contributed by atoms with E-state index in [0.717, 1.165) is 19.3 Å². The largest absolute Gasteiger partial charge is 0.308 e. The Bertz CT molecular complexity index is 565. The van der Waals surface area contributed by atoms with Crippen LogP contribution in [0.5, 0.6) is 0 Å². The average molecular weight is 298 g/mol. The summed E-state index contributed by atoms with van der Waals surface area (Å²) in [5.41, 5.74) is 2.63. The van der Waals surface area contributed by atoms with Crippen LogP contribution in [0, 0.1) is 5.41 Å². The van der Waals surface area contributed by atoms with E-state index in [0.29, 0.717) is 18.9 Å². The van der Waals surface area contributed by atoms with Crippen molar-refractivity contribution in [2.24, 2.45) is 11.3 Å². The van der Waals surface area contributed by atoms with Crippen molar-refractivity contribution < 1.29 is 8.42 Å². The molecule has 1 saturated heterocycles. The number of sulfonamides is 1. The second-order valence-electron chi connectivity index (χ2n) is 5.59. The Labute approximate surface area is 120 Å². The quantitative estimate of drug-likeness (QED) is 0.650. The van der Waals surface area contributed by atoms with Crippen LogP contribution in [0.3, 0.4) is 0 Å². The summed E-state index contributed by atoms with van der Waals surface area (Å²) in [5.74, 6) is 5.62. The van der Waals surface area contributed by atoms with Gasteiger partial charge in [-0.3, -0.25) is 0 Å². The fraction of sp³-hybridized carbons (Fsp3) is 0.615. The van der Waals surface area contributed by atoms with E-state index in [1.54, 1.807) is 4.31 Å². The zero-order valence-electron chi connectivity index (χ0n) is 12.0. The smallest absolute Gasteiger partial charge is 0.243 e. The molecule has 0 amide bonds. The summed E-state index contributed by atoms with van der Waals surface area (Å²) in [5, 5.41) is 0. The highest BCUT2D eigenvalue weighted by atomic mass is 32.2. The maximum Gasteiger partial charge on any atom is 0.243 e. The van der Waals surface area contributed by atoms with Crippen LogP contribution in [-0.2, 0) is 10.0 Å². The van der Waals surface area contributed by atoms with Crippen LogP contribution in [0.25, 0.3) is 0 Å². The molecule has 0 saturated carbocycles. The van der Waals surface area contributed by atoms with Crippen LogP contribution >= 0.6 is 0 Å². The standard InChI is InChI=1S/C13H22N4O2S/c1-3-13(2)5-8-17(9-6-13)20(18,19)11-4-7-15-12(10-11)16-14/h4,7,10H,3,5-6,8-9,14H2,1-2H3,(H,15,16). The minimum absolute atomic E-state index is 0.237. The SMILES string of the molecule is CCC1(C)CCN(S(=O)(=O)c2ccnc(NN)c2)CC1. The third-order valence-corrected chi connectivity index (χ3v) is 6.19. The first-order valence-electron chi connectivity index (χ1n) is 6.84. The zero-order valence-corrected chi connectivity index (χ0v) is 12.8. The van der Waals surface area contributed by atoms with Gasteiger partial charge in [-0.15, -0.1) is 0 Å². The van der Waals surface area contributed by atoms with E-state index in [-0.39, 0.29) is 10.3 Å². The minimum atomic E-state index is -3.46. The summed E-state index contributed by atoms with van der Waals surface area (Å²) >= 11 is 0. The Morgan fingerprint density at radius 3 is 2.65 bits per heavy atom. The predicted octanol–water partition coefficient (Wildman–Crippen LogP) is 1.57. The van der Waals surface area contributed by atoms with Gasteiger partial charge in [0.25, 0.3) is 0 Å². The molecule has 1 aliphatic heterocycles. The molecule has 20 heavy (non-hydrogen) atoms. The number of hydrogen-bond acceptors (Lipinski definition) is 5.